The molecule has 0 bridgehead atoms. The average Bonchev–Trinajstić information content (AvgIpc) is 2.98. The molecule has 2 N–H and O–H groups in total. The number of amides is 1. The number of aryl methyl sites for hydroxylation is 1. The van der Waals surface area contributed by atoms with E-state index in [4.69, 9.17) is 0 Å². The maximum atomic E-state index is 12.4. The van der Waals surface area contributed by atoms with Crippen LogP contribution >= 0.6 is 11.3 Å². The van der Waals surface area contributed by atoms with E-state index in [9.17, 15) is 14.7 Å². The van der Waals surface area contributed by atoms with Crippen LogP contribution in [0, 0.1) is 12.8 Å². The van der Waals surface area contributed by atoms with Gasteiger partial charge in [-0.1, -0.05) is 32.4 Å². The second-order valence-electron chi connectivity index (χ2n) is 5.55. The summed E-state index contributed by atoms with van der Waals surface area (Å²) < 4.78 is 0. The van der Waals surface area contributed by atoms with E-state index < -0.39 is 12.0 Å². The van der Waals surface area contributed by atoms with Crippen molar-refractivity contribution in [2.75, 3.05) is 0 Å². The van der Waals surface area contributed by atoms with Crippen molar-refractivity contribution in [1.82, 2.24) is 10.3 Å². The minimum absolute atomic E-state index is 0.138. The fourth-order valence-corrected chi connectivity index (χ4v) is 2.98. The smallest absolute Gasteiger partial charge is 0.326 e. The maximum absolute atomic E-state index is 12.4. The molecule has 6 heteroatoms. The lowest BCUT2D eigenvalue weighted by Gasteiger charge is -2.20. The number of hydrogen-bond donors (Lipinski definition) is 2. The Morgan fingerprint density at radius 1 is 1.39 bits per heavy atom. The number of aliphatic carboxylic acids is 1. The Bertz CT molecular complexity index is 711. The van der Waals surface area contributed by atoms with Crippen LogP contribution in [0.25, 0.3) is 10.6 Å². The third kappa shape index (κ3) is 4.16. The second kappa shape index (κ2) is 7.37. The molecule has 1 aromatic heterocycles. The third-order valence-electron chi connectivity index (χ3n) is 3.76. The van der Waals surface area contributed by atoms with E-state index in [0.29, 0.717) is 12.0 Å². The average molecular weight is 332 g/mol. The van der Waals surface area contributed by atoms with Crippen molar-refractivity contribution >= 4 is 23.2 Å². The first-order chi connectivity index (χ1) is 10.9. The number of aromatic nitrogens is 1. The molecule has 0 unspecified atom stereocenters. The highest BCUT2D eigenvalue weighted by atomic mass is 32.1. The number of hydrogen-bond acceptors (Lipinski definition) is 4. The van der Waals surface area contributed by atoms with Crippen LogP contribution in [0.2, 0.25) is 0 Å². The van der Waals surface area contributed by atoms with E-state index in [1.165, 1.54) is 11.3 Å². The number of carboxylic acids is 1. The number of nitrogens with one attached hydrogen (secondary N) is 1. The number of carbonyl (C=O) groups excluding carboxylic acids is 1. The molecule has 1 heterocycles. The van der Waals surface area contributed by atoms with E-state index >= 15 is 0 Å². The molecule has 0 saturated heterocycles. The lowest BCUT2D eigenvalue weighted by atomic mass is 9.99. The van der Waals surface area contributed by atoms with Crippen LogP contribution in [0.15, 0.2) is 29.6 Å². The van der Waals surface area contributed by atoms with Crippen LogP contribution in [-0.2, 0) is 4.79 Å². The Kier molecular flexibility index (Phi) is 5.50. The first kappa shape index (κ1) is 17.1. The molecule has 0 spiro atoms. The largest absolute Gasteiger partial charge is 0.480 e. The predicted octanol–water partition coefficient (Wildman–Crippen LogP) is 3.35. The van der Waals surface area contributed by atoms with Gasteiger partial charge in [0.05, 0.1) is 0 Å². The van der Waals surface area contributed by atoms with Gasteiger partial charge in [-0.15, -0.1) is 11.3 Å². The molecule has 0 saturated carbocycles. The molecule has 0 fully saturated rings. The van der Waals surface area contributed by atoms with E-state index in [0.717, 1.165) is 16.3 Å². The SMILES string of the molecule is CC[C@H](C)[C@H](NC(=O)c1cccc(-c2nc(C)cs2)c1)C(=O)O. The quantitative estimate of drug-likeness (QED) is 0.850. The van der Waals surface area contributed by atoms with Gasteiger partial charge in [-0.25, -0.2) is 9.78 Å². The van der Waals surface area contributed by atoms with Gasteiger partial charge in [-0.05, 0) is 25.0 Å². The van der Waals surface area contributed by atoms with Crippen LogP contribution < -0.4 is 5.32 Å². The molecule has 1 aromatic carbocycles. The first-order valence-electron chi connectivity index (χ1n) is 7.48. The molecule has 0 aliphatic carbocycles. The number of nitrogens with zero attached hydrogens (tertiary/aromatic N) is 1. The van der Waals surface area contributed by atoms with Crippen LogP contribution in [0.3, 0.4) is 0 Å². The van der Waals surface area contributed by atoms with Crippen molar-refractivity contribution in [1.29, 1.82) is 0 Å². The molecule has 5 nitrogen and oxygen atoms in total. The van der Waals surface area contributed by atoms with Crippen LogP contribution in [0.5, 0.6) is 0 Å². The Labute approximate surface area is 139 Å². The highest BCUT2D eigenvalue weighted by Gasteiger charge is 2.25. The molecular formula is C17H20N2O3S. The number of carbonyl (C=O) groups is 2. The number of benzene rings is 1. The summed E-state index contributed by atoms with van der Waals surface area (Å²) in [5, 5.41) is 14.7. The maximum Gasteiger partial charge on any atom is 0.326 e. The molecule has 0 radical (unpaired) electrons. The van der Waals surface area contributed by atoms with Gasteiger partial charge in [-0.3, -0.25) is 4.79 Å². The van der Waals surface area contributed by atoms with E-state index in [2.05, 4.69) is 10.3 Å². The van der Waals surface area contributed by atoms with Crippen LogP contribution in [0.1, 0.15) is 36.3 Å². The first-order valence-corrected chi connectivity index (χ1v) is 8.36. The van der Waals surface area contributed by atoms with Gasteiger partial charge >= 0.3 is 5.97 Å². The van der Waals surface area contributed by atoms with Crippen molar-refractivity contribution in [3.8, 4) is 10.6 Å². The zero-order valence-corrected chi connectivity index (χ0v) is 14.2. The minimum Gasteiger partial charge on any atom is -0.480 e. The summed E-state index contributed by atoms with van der Waals surface area (Å²) in [5.41, 5.74) is 2.22. The van der Waals surface area contributed by atoms with Gasteiger partial charge in [0.1, 0.15) is 11.0 Å². The molecular weight excluding hydrogens is 312 g/mol. The Hall–Kier alpha value is -2.21. The summed E-state index contributed by atoms with van der Waals surface area (Å²) in [4.78, 5) is 28.1. The summed E-state index contributed by atoms with van der Waals surface area (Å²) >= 11 is 1.51. The van der Waals surface area contributed by atoms with Gasteiger partial charge in [0.25, 0.3) is 5.91 Å². The molecule has 122 valence electrons. The fraction of sp³-hybridized carbons (Fsp3) is 0.353. The standard InChI is InChI=1S/C17H20N2O3S/c1-4-10(2)14(17(21)22)19-15(20)12-6-5-7-13(8-12)16-18-11(3)9-23-16/h5-10,14H,4H2,1-3H3,(H,19,20)(H,21,22)/t10-,14-/m0/s1. The zero-order valence-electron chi connectivity index (χ0n) is 13.4. The van der Waals surface area contributed by atoms with Gasteiger partial charge in [0.15, 0.2) is 0 Å². The van der Waals surface area contributed by atoms with Gasteiger partial charge in [0, 0.05) is 22.2 Å². The van der Waals surface area contributed by atoms with Gasteiger partial charge < -0.3 is 10.4 Å². The van der Waals surface area contributed by atoms with Crippen molar-refractivity contribution in [2.45, 2.75) is 33.2 Å². The third-order valence-corrected chi connectivity index (χ3v) is 4.77. The topological polar surface area (TPSA) is 79.3 Å². The van der Waals surface area contributed by atoms with Crippen molar-refractivity contribution in [3.05, 3.63) is 40.9 Å². The van der Waals surface area contributed by atoms with Crippen LogP contribution in [0.4, 0.5) is 0 Å². The highest BCUT2D eigenvalue weighted by molar-refractivity contribution is 7.13. The van der Waals surface area contributed by atoms with Gasteiger partial charge in [0.2, 0.25) is 0 Å². The van der Waals surface area contributed by atoms with E-state index in [-0.39, 0.29) is 11.8 Å². The molecule has 1 amide bonds. The predicted molar refractivity (Wildman–Crippen MR) is 90.6 cm³/mol. The Morgan fingerprint density at radius 3 is 2.70 bits per heavy atom. The summed E-state index contributed by atoms with van der Waals surface area (Å²) in [6.45, 7) is 5.63. The lowest BCUT2D eigenvalue weighted by molar-refractivity contribution is -0.140. The fourth-order valence-electron chi connectivity index (χ4n) is 2.19. The molecule has 0 aliphatic rings. The van der Waals surface area contributed by atoms with E-state index in [1.807, 2.05) is 32.2 Å². The normalized spacial score (nSPS) is 13.3. The monoisotopic (exact) mass is 332 g/mol. The Morgan fingerprint density at radius 2 is 2.13 bits per heavy atom. The second-order valence-corrected chi connectivity index (χ2v) is 6.41. The van der Waals surface area contributed by atoms with Crippen molar-refractivity contribution < 1.29 is 14.7 Å². The van der Waals surface area contributed by atoms with Gasteiger partial charge in [-0.2, -0.15) is 0 Å². The molecule has 2 rings (SSSR count). The highest BCUT2D eigenvalue weighted by Crippen LogP contribution is 2.24. The molecule has 2 atom stereocenters. The van der Waals surface area contributed by atoms with Crippen molar-refractivity contribution in [2.24, 2.45) is 5.92 Å². The molecule has 23 heavy (non-hydrogen) atoms. The number of rotatable bonds is 6. The Balaban J connectivity index is 2.21. The molecule has 2 aromatic rings. The lowest BCUT2D eigenvalue weighted by Crippen LogP contribution is -2.45. The summed E-state index contributed by atoms with van der Waals surface area (Å²) in [5.74, 6) is -1.53. The summed E-state index contributed by atoms with van der Waals surface area (Å²) in [6, 6.07) is 6.19. The summed E-state index contributed by atoms with van der Waals surface area (Å²) in [7, 11) is 0. The van der Waals surface area contributed by atoms with E-state index in [1.54, 1.807) is 18.2 Å². The molecule has 0 aliphatic heterocycles. The minimum atomic E-state index is -1.01. The summed E-state index contributed by atoms with van der Waals surface area (Å²) in [6.07, 6.45) is 0.676. The van der Waals surface area contributed by atoms with Crippen molar-refractivity contribution in [3.63, 3.8) is 0 Å². The van der Waals surface area contributed by atoms with Crippen LogP contribution in [-0.4, -0.2) is 28.0 Å². The number of thiazole rings is 1. The number of carboxylic acid groups (broad SMARTS) is 1. The zero-order chi connectivity index (χ0) is 17.0.